The molecule has 2 bridgehead atoms. The van der Waals surface area contributed by atoms with Crippen molar-refractivity contribution < 1.29 is 18.3 Å². The van der Waals surface area contributed by atoms with Gasteiger partial charge in [0.25, 0.3) is 5.91 Å². The maximum atomic E-state index is 12.5. The second-order valence-corrected chi connectivity index (χ2v) is 7.54. The van der Waals surface area contributed by atoms with Gasteiger partial charge in [-0.3, -0.25) is 4.79 Å². The molecule has 0 aliphatic heterocycles. The Morgan fingerprint density at radius 1 is 1.35 bits per heavy atom. The highest BCUT2D eigenvalue weighted by Gasteiger charge is 2.42. The number of fused-ring (bicyclic) bond motifs is 2. The minimum absolute atomic E-state index is 0.0381. The van der Waals surface area contributed by atoms with Crippen molar-refractivity contribution in [3.05, 3.63) is 28.2 Å². The Morgan fingerprint density at radius 3 is 2.74 bits per heavy atom. The zero-order chi connectivity index (χ0) is 16.6. The monoisotopic (exact) mass is 387 g/mol. The van der Waals surface area contributed by atoms with Crippen molar-refractivity contribution in [2.24, 2.45) is 17.8 Å². The van der Waals surface area contributed by atoms with E-state index in [0.29, 0.717) is 16.3 Å². The number of hydrogen-bond donors (Lipinski definition) is 1. The van der Waals surface area contributed by atoms with Gasteiger partial charge < -0.3 is 10.1 Å². The molecule has 6 heteroatoms. The van der Waals surface area contributed by atoms with Crippen molar-refractivity contribution in [1.82, 2.24) is 5.32 Å². The SMILES string of the molecule is C[C@@H](NC(=O)c1cc(Br)ccc1OC(F)F)[C@@H]1C[C@H]2CC[C@H]1C2. The van der Waals surface area contributed by atoms with Crippen molar-refractivity contribution in [2.75, 3.05) is 0 Å². The second kappa shape index (κ2) is 6.75. The minimum Gasteiger partial charge on any atom is -0.434 e. The van der Waals surface area contributed by atoms with E-state index in [1.54, 1.807) is 6.07 Å². The van der Waals surface area contributed by atoms with Crippen LogP contribution in [0.25, 0.3) is 0 Å². The summed E-state index contributed by atoms with van der Waals surface area (Å²) in [5.74, 6) is 1.52. The van der Waals surface area contributed by atoms with Gasteiger partial charge in [0.05, 0.1) is 5.56 Å². The molecule has 2 aliphatic carbocycles. The lowest BCUT2D eigenvalue weighted by Gasteiger charge is -2.28. The summed E-state index contributed by atoms with van der Waals surface area (Å²) in [5, 5.41) is 2.98. The molecule has 3 rings (SSSR count). The highest BCUT2D eigenvalue weighted by molar-refractivity contribution is 9.10. The standard InChI is InChI=1S/C17H20BrF2NO2/c1-9(13-7-10-2-3-11(13)6-10)21-16(22)14-8-12(18)4-5-15(14)23-17(19)20/h4-5,8-11,13,17H,2-3,6-7H2,1H3,(H,21,22)/t9-,10+,11+,13+/m1/s1. The molecule has 2 fully saturated rings. The number of alkyl halides is 2. The fourth-order valence-corrected chi connectivity index (χ4v) is 4.54. The zero-order valence-corrected chi connectivity index (χ0v) is 14.5. The topological polar surface area (TPSA) is 38.3 Å². The van der Waals surface area contributed by atoms with E-state index in [1.807, 2.05) is 6.92 Å². The number of halogens is 3. The van der Waals surface area contributed by atoms with Crippen LogP contribution in [0.2, 0.25) is 0 Å². The fraction of sp³-hybridized carbons (Fsp3) is 0.588. The summed E-state index contributed by atoms with van der Waals surface area (Å²) >= 11 is 3.27. The van der Waals surface area contributed by atoms with Crippen LogP contribution in [0.5, 0.6) is 5.75 Å². The first-order chi connectivity index (χ1) is 10.9. The van der Waals surface area contributed by atoms with Gasteiger partial charge in [0.2, 0.25) is 0 Å². The molecule has 23 heavy (non-hydrogen) atoms. The molecule has 4 atom stereocenters. The van der Waals surface area contributed by atoms with Gasteiger partial charge in [0, 0.05) is 10.5 Å². The molecule has 0 unspecified atom stereocenters. The molecule has 0 saturated heterocycles. The Morgan fingerprint density at radius 2 is 2.13 bits per heavy atom. The number of carbonyl (C=O) groups excluding carboxylic acids is 1. The molecule has 1 amide bonds. The van der Waals surface area contributed by atoms with Gasteiger partial charge in [0.1, 0.15) is 5.75 Å². The molecule has 0 radical (unpaired) electrons. The summed E-state index contributed by atoms with van der Waals surface area (Å²) in [7, 11) is 0. The van der Waals surface area contributed by atoms with E-state index >= 15 is 0 Å². The zero-order valence-electron chi connectivity index (χ0n) is 12.9. The number of ether oxygens (including phenoxy) is 1. The fourth-order valence-electron chi connectivity index (χ4n) is 4.18. The first-order valence-corrected chi connectivity index (χ1v) is 8.78. The summed E-state index contributed by atoms with van der Waals surface area (Å²) in [6.45, 7) is -0.944. The van der Waals surface area contributed by atoms with Gasteiger partial charge >= 0.3 is 6.61 Å². The van der Waals surface area contributed by atoms with Gasteiger partial charge in [-0.05, 0) is 62.1 Å². The van der Waals surface area contributed by atoms with Gasteiger partial charge in [-0.15, -0.1) is 0 Å². The average Bonchev–Trinajstić information content (AvgIpc) is 3.11. The lowest BCUT2D eigenvalue weighted by Crippen LogP contribution is -2.40. The van der Waals surface area contributed by atoms with Crippen LogP contribution in [-0.2, 0) is 0 Å². The van der Waals surface area contributed by atoms with Gasteiger partial charge in [-0.25, -0.2) is 0 Å². The molecular weight excluding hydrogens is 368 g/mol. The van der Waals surface area contributed by atoms with Crippen molar-refractivity contribution in [3.8, 4) is 5.75 Å². The lowest BCUT2D eigenvalue weighted by atomic mass is 9.84. The number of amides is 1. The van der Waals surface area contributed by atoms with Crippen LogP contribution in [0.4, 0.5) is 8.78 Å². The van der Waals surface area contributed by atoms with Crippen LogP contribution in [0.3, 0.4) is 0 Å². The molecular formula is C17H20BrF2NO2. The Bertz CT molecular complexity index is 596. The first-order valence-electron chi connectivity index (χ1n) is 7.99. The van der Waals surface area contributed by atoms with Gasteiger partial charge in [-0.2, -0.15) is 8.78 Å². The Hall–Kier alpha value is -1.17. The second-order valence-electron chi connectivity index (χ2n) is 6.62. The predicted octanol–water partition coefficient (Wildman–Crippen LogP) is 4.61. The quantitative estimate of drug-likeness (QED) is 0.801. The number of benzene rings is 1. The molecule has 0 aromatic heterocycles. The summed E-state index contributed by atoms with van der Waals surface area (Å²) in [4.78, 5) is 12.5. The lowest BCUT2D eigenvalue weighted by molar-refractivity contribution is -0.0501. The van der Waals surface area contributed by atoms with Crippen LogP contribution in [0, 0.1) is 17.8 Å². The van der Waals surface area contributed by atoms with Crippen molar-refractivity contribution in [3.63, 3.8) is 0 Å². The molecule has 1 aromatic rings. The number of hydrogen-bond acceptors (Lipinski definition) is 2. The molecule has 3 nitrogen and oxygen atoms in total. The van der Waals surface area contributed by atoms with Crippen LogP contribution in [0.1, 0.15) is 43.0 Å². The third-order valence-electron chi connectivity index (χ3n) is 5.20. The van der Waals surface area contributed by atoms with Crippen molar-refractivity contribution in [2.45, 2.75) is 45.3 Å². The van der Waals surface area contributed by atoms with E-state index in [-0.39, 0.29) is 23.3 Å². The summed E-state index contributed by atoms with van der Waals surface area (Å²) < 4.78 is 30.1. The smallest absolute Gasteiger partial charge is 0.387 e. The number of rotatable bonds is 5. The molecule has 2 aliphatic rings. The van der Waals surface area contributed by atoms with Crippen LogP contribution in [-0.4, -0.2) is 18.6 Å². The summed E-state index contributed by atoms with van der Waals surface area (Å²) in [6, 6.07) is 4.51. The molecule has 1 N–H and O–H groups in total. The molecule has 2 saturated carbocycles. The van der Waals surface area contributed by atoms with E-state index in [0.717, 1.165) is 12.3 Å². The maximum Gasteiger partial charge on any atom is 0.387 e. The Balaban J connectivity index is 1.71. The minimum atomic E-state index is -2.95. The normalized spacial score (nSPS) is 27.3. The van der Waals surface area contributed by atoms with Crippen LogP contribution >= 0.6 is 15.9 Å². The van der Waals surface area contributed by atoms with E-state index in [4.69, 9.17) is 0 Å². The Kier molecular flexibility index (Phi) is 4.90. The number of carbonyl (C=O) groups is 1. The average molecular weight is 388 g/mol. The van der Waals surface area contributed by atoms with Crippen LogP contribution in [0.15, 0.2) is 22.7 Å². The third-order valence-corrected chi connectivity index (χ3v) is 5.69. The molecule has 0 spiro atoms. The van der Waals surface area contributed by atoms with Crippen LogP contribution < -0.4 is 10.1 Å². The first kappa shape index (κ1) is 16.7. The van der Waals surface area contributed by atoms with E-state index in [2.05, 4.69) is 26.0 Å². The number of nitrogens with one attached hydrogen (secondary N) is 1. The summed E-state index contributed by atoms with van der Waals surface area (Å²) in [6.07, 6.45) is 4.97. The van der Waals surface area contributed by atoms with Gasteiger partial charge in [-0.1, -0.05) is 22.4 Å². The van der Waals surface area contributed by atoms with E-state index in [1.165, 1.54) is 31.4 Å². The maximum absolute atomic E-state index is 12.5. The highest BCUT2D eigenvalue weighted by atomic mass is 79.9. The summed E-state index contributed by atoms with van der Waals surface area (Å²) in [5.41, 5.74) is 0.134. The van der Waals surface area contributed by atoms with Crippen molar-refractivity contribution in [1.29, 1.82) is 0 Å². The Labute approximate surface area is 142 Å². The largest absolute Gasteiger partial charge is 0.434 e. The predicted molar refractivity (Wildman–Crippen MR) is 86.6 cm³/mol. The molecule has 126 valence electrons. The third kappa shape index (κ3) is 3.67. The highest BCUT2D eigenvalue weighted by Crippen LogP contribution is 2.49. The van der Waals surface area contributed by atoms with Crippen molar-refractivity contribution >= 4 is 21.8 Å². The van der Waals surface area contributed by atoms with E-state index < -0.39 is 6.61 Å². The van der Waals surface area contributed by atoms with Gasteiger partial charge in [0.15, 0.2) is 0 Å². The molecule has 0 heterocycles. The molecule has 1 aromatic carbocycles. The van der Waals surface area contributed by atoms with E-state index in [9.17, 15) is 13.6 Å².